The quantitative estimate of drug-likeness (QED) is 0.676. The van der Waals surface area contributed by atoms with E-state index in [0.717, 1.165) is 12.0 Å². The molecule has 0 N–H and O–H groups in total. The number of piperidine rings is 2. The smallest absolute Gasteiger partial charge is 0.00956 e. The third kappa shape index (κ3) is 2.48. The van der Waals surface area contributed by atoms with E-state index >= 15 is 0 Å². The lowest BCUT2D eigenvalue weighted by Crippen LogP contribution is -2.48. The third-order valence-electron chi connectivity index (χ3n) is 3.88. The van der Waals surface area contributed by atoms with Crippen LogP contribution in [0.2, 0.25) is 0 Å². The lowest BCUT2D eigenvalue weighted by atomic mass is 9.80. The zero-order valence-corrected chi connectivity index (χ0v) is 9.71. The first kappa shape index (κ1) is 10.4. The fourth-order valence-electron chi connectivity index (χ4n) is 3.04. The Labute approximate surface area is 88.3 Å². The summed E-state index contributed by atoms with van der Waals surface area (Å²) in [6, 6.07) is 0.946. The highest BCUT2D eigenvalue weighted by Crippen LogP contribution is 2.34. The van der Waals surface area contributed by atoms with E-state index in [9.17, 15) is 0 Å². The van der Waals surface area contributed by atoms with Gasteiger partial charge in [0.05, 0.1) is 0 Å². The highest BCUT2D eigenvalue weighted by molar-refractivity contribution is 4.87. The van der Waals surface area contributed by atoms with Crippen LogP contribution >= 0.6 is 0 Å². The lowest BCUT2D eigenvalue weighted by Gasteiger charge is -2.45. The lowest BCUT2D eigenvalue weighted by molar-refractivity contribution is 0.0468. The van der Waals surface area contributed by atoms with Crippen molar-refractivity contribution in [2.75, 3.05) is 33.7 Å². The van der Waals surface area contributed by atoms with Crippen LogP contribution in [0.3, 0.4) is 0 Å². The molecule has 3 rings (SSSR count). The van der Waals surface area contributed by atoms with E-state index in [4.69, 9.17) is 0 Å². The summed E-state index contributed by atoms with van der Waals surface area (Å²) in [6.07, 6.45) is 7.32. The molecule has 3 aliphatic rings. The number of fused-ring (bicyclic) bond motifs is 3. The Bertz CT molecular complexity index is 171. The summed E-state index contributed by atoms with van der Waals surface area (Å²) in [5, 5.41) is 0. The molecule has 82 valence electrons. The van der Waals surface area contributed by atoms with E-state index in [1.165, 1.54) is 51.7 Å². The summed E-state index contributed by atoms with van der Waals surface area (Å²) in [5.74, 6) is 1.04. The largest absolute Gasteiger partial charge is 0.309 e. The Morgan fingerprint density at radius 2 is 1.86 bits per heavy atom. The molecule has 0 amide bonds. The Morgan fingerprint density at radius 3 is 2.36 bits per heavy atom. The Kier molecular flexibility index (Phi) is 3.45. The van der Waals surface area contributed by atoms with Gasteiger partial charge in [0.2, 0.25) is 0 Å². The average Bonchev–Trinajstić information content (AvgIpc) is 2.19. The van der Waals surface area contributed by atoms with E-state index in [1.807, 2.05) is 0 Å². The van der Waals surface area contributed by atoms with Gasteiger partial charge < -0.3 is 9.80 Å². The van der Waals surface area contributed by atoms with Crippen LogP contribution in [0.4, 0.5) is 0 Å². The molecule has 2 bridgehead atoms. The van der Waals surface area contributed by atoms with Gasteiger partial charge in [0.15, 0.2) is 0 Å². The molecule has 2 saturated heterocycles. The van der Waals surface area contributed by atoms with Crippen LogP contribution < -0.4 is 0 Å². The van der Waals surface area contributed by atoms with Crippen molar-refractivity contribution < 1.29 is 0 Å². The maximum Gasteiger partial charge on any atom is 0.00956 e. The molecule has 3 fully saturated rings. The standard InChI is InChI=1S/C12H24N2/c1-13(2)8-3-9-14-10-11-4-6-12(14)7-5-11/h11-12H,3-10H2,1-2H3. The van der Waals surface area contributed by atoms with Gasteiger partial charge in [0, 0.05) is 12.6 Å². The zero-order valence-electron chi connectivity index (χ0n) is 9.71. The second-order valence-electron chi connectivity index (χ2n) is 5.33. The normalized spacial score (nSPS) is 32.8. The summed E-state index contributed by atoms with van der Waals surface area (Å²) < 4.78 is 0. The third-order valence-corrected chi connectivity index (χ3v) is 3.88. The molecule has 2 heteroatoms. The molecule has 1 aliphatic carbocycles. The maximum atomic E-state index is 2.75. The second kappa shape index (κ2) is 4.63. The molecule has 0 radical (unpaired) electrons. The molecule has 2 aliphatic heterocycles. The Morgan fingerprint density at radius 1 is 1.14 bits per heavy atom. The number of hydrogen-bond donors (Lipinski definition) is 0. The Hall–Kier alpha value is -0.0800. The van der Waals surface area contributed by atoms with E-state index in [-0.39, 0.29) is 0 Å². The van der Waals surface area contributed by atoms with Crippen molar-refractivity contribution in [2.45, 2.75) is 38.1 Å². The molecular weight excluding hydrogens is 172 g/mol. The molecule has 0 unspecified atom stereocenters. The monoisotopic (exact) mass is 196 g/mol. The molecule has 14 heavy (non-hydrogen) atoms. The van der Waals surface area contributed by atoms with Crippen molar-refractivity contribution in [3.8, 4) is 0 Å². The van der Waals surface area contributed by atoms with Gasteiger partial charge in [-0.3, -0.25) is 0 Å². The van der Waals surface area contributed by atoms with Gasteiger partial charge >= 0.3 is 0 Å². The summed E-state index contributed by atoms with van der Waals surface area (Å²) in [7, 11) is 4.34. The van der Waals surface area contributed by atoms with Crippen molar-refractivity contribution in [1.82, 2.24) is 9.80 Å². The first-order valence-electron chi connectivity index (χ1n) is 6.14. The van der Waals surface area contributed by atoms with Crippen LogP contribution in [-0.2, 0) is 0 Å². The predicted molar refractivity (Wildman–Crippen MR) is 60.5 cm³/mol. The van der Waals surface area contributed by atoms with Gasteiger partial charge in [-0.15, -0.1) is 0 Å². The van der Waals surface area contributed by atoms with Crippen molar-refractivity contribution in [1.29, 1.82) is 0 Å². The molecule has 0 aromatic carbocycles. The van der Waals surface area contributed by atoms with Crippen molar-refractivity contribution >= 4 is 0 Å². The van der Waals surface area contributed by atoms with Crippen molar-refractivity contribution in [3.63, 3.8) is 0 Å². The minimum Gasteiger partial charge on any atom is -0.309 e. The molecule has 2 nitrogen and oxygen atoms in total. The van der Waals surface area contributed by atoms with Crippen molar-refractivity contribution in [3.05, 3.63) is 0 Å². The molecule has 0 atom stereocenters. The van der Waals surface area contributed by atoms with Crippen LogP contribution in [0.1, 0.15) is 32.1 Å². The molecule has 2 heterocycles. The zero-order chi connectivity index (χ0) is 9.97. The van der Waals surface area contributed by atoms with E-state index in [1.54, 1.807) is 0 Å². The van der Waals surface area contributed by atoms with Crippen LogP contribution in [0.5, 0.6) is 0 Å². The number of rotatable bonds is 4. The van der Waals surface area contributed by atoms with Crippen LogP contribution in [0, 0.1) is 5.92 Å². The van der Waals surface area contributed by atoms with Crippen molar-refractivity contribution in [2.24, 2.45) is 5.92 Å². The van der Waals surface area contributed by atoms with Crippen LogP contribution in [0.25, 0.3) is 0 Å². The molecule has 0 spiro atoms. The molecule has 1 saturated carbocycles. The van der Waals surface area contributed by atoms with E-state index in [0.29, 0.717) is 0 Å². The molecular formula is C12H24N2. The minimum atomic E-state index is 0.946. The van der Waals surface area contributed by atoms with Gasteiger partial charge in [0.1, 0.15) is 0 Å². The second-order valence-corrected chi connectivity index (χ2v) is 5.33. The number of hydrogen-bond acceptors (Lipinski definition) is 2. The van der Waals surface area contributed by atoms with Gasteiger partial charge in [-0.2, -0.15) is 0 Å². The number of nitrogens with zero attached hydrogens (tertiary/aromatic N) is 2. The van der Waals surface area contributed by atoms with Crippen LogP contribution in [0.15, 0.2) is 0 Å². The summed E-state index contributed by atoms with van der Waals surface area (Å²) >= 11 is 0. The molecule has 0 aromatic heterocycles. The predicted octanol–water partition coefficient (Wildman–Crippen LogP) is 1.81. The highest BCUT2D eigenvalue weighted by atomic mass is 15.2. The van der Waals surface area contributed by atoms with Gasteiger partial charge in [0.25, 0.3) is 0 Å². The summed E-state index contributed by atoms with van der Waals surface area (Å²) in [5.41, 5.74) is 0. The highest BCUT2D eigenvalue weighted by Gasteiger charge is 2.32. The molecule has 0 aromatic rings. The van der Waals surface area contributed by atoms with Gasteiger partial charge in [-0.1, -0.05) is 0 Å². The van der Waals surface area contributed by atoms with Crippen LogP contribution in [-0.4, -0.2) is 49.6 Å². The van der Waals surface area contributed by atoms with E-state index in [2.05, 4.69) is 23.9 Å². The Balaban J connectivity index is 1.71. The minimum absolute atomic E-state index is 0.946. The van der Waals surface area contributed by atoms with Gasteiger partial charge in [-0.25, -0.2) is 0 Å². The fraction of sp³-hybridized carbons (Fsp3) is 1.00. The summed E-state index contributed by atoms with van der Waals surface area (Å²) in [6.45, 7) is 3.98. The average molecular weight is 196 g/mol. The van der Waals surface area contributed by atoms with Gasteiger partial charge in [-0.05, 0) is 65.2 Å². The topological polar surface area (TPSA) is 6.48 Å². The summed E-state index contributed by atoms with van der Waals surface area (Å²) in [4.78, 5) is 5.05. The first-order chi connectivity index (χ1) is 6.75. The fourth-order valence-corrected chi connectivity index (χ4v) is 3.04. The SMILES string of the molecule is CN(C)CCCN1CC2CCC1CC2. The first-order valence-corrected chi connectivity index (χ1v) is 6.14. The maximum absolute atomic E-state index is 2.75. The van der Waals surface area contributed by atoms with E-state index < -0.39 is 0 Å².